The van der Waals surface area contributed by atoms with Crippen molar-refractivity contribution in [3.63, 3.8) is 0 Å². The number of likely N-dealkylation sites (N-methyl/N-ethyl adjacent to an activating group) is 1. The molecule has 2 rings (SSSR count). The molecular formula is C17H23N3. The predicted octanol–water partition coefficient (Wildman–Crippen LogP) is 2.99. The molecule has 0 aliphatic rings. The van der Waals surface area contributed by atoms with Crippen LogP contribution in [0.3, 0.4) is 0 Å². The highest BCUT2D eigenvalue weighted by Crippen LogP contribution is 2.23. The second-order valence-electron chi connectivity index (χ2n) is 5.11. The standard InChI is InChI=1S/C17H23N3/c1-3-20(13-15-9-5-4-6-10-15)17(14(2)18)16-11-7-8-12-19-16/h4-12,14,17H,3,13,18H2,1-2H3. The molecule has 0 radical (unpaired) electrons. The molecule has 1 aromatic carbocycles. The van der Waals surface area contributed by atoms with Crippen molar-refractivity contribution in [3.8, 4) is 0 Å². The van der Waals surface area contributed by atoms with E-state index in [4.69, 9.17) is 5.73 Å². The van der Waals surface area contributed by atoms with Gasteiger partial charge in [-0.15, -0.1) is 0 Å². The summed E-state index contributed by atoms with van der Waals surface area (Å²) in [6.07, 6.45) is 1.83. The summed E-state index contributed by atoms with van der Waals surface area (Å²) in [4.78, 5) is 6.87. The first-order valence-electron chi connectivity index (χ1n) is 7.17. The fourth-order valence-corrected chi connectivity index (χ4v) is 2.56. The molecule has 0 saturated carbocycles. The Labute approximate surface area is 121 Å². The van der Waals surface area contributed by atoms with Crippen LogP contribution in [-0.2, 0) is 6.54 Å². The van der Waals surface area contributed by atoms with Crippen LogP contribution in [0.4, 0.5) is 0 Å². The Bertz CT molecular complexity index is 496. The molecule has 2 unspecified atom stereocenters. The first-order valence-corrected chi connectivity index (χ1v) is 7.17. The molecule has 0 amide bonds. The van der Waals surface area contributed by atoms with Crippen molar-refractivity contribution in [2.75, 3.05) is 6.54 Å². The Kier molecular flexibility index (Phi) is 5.27. The Morgan fingerprint density at radius 2 is 1.80 bits per heavy atom. The van der Waals surface area contributed by atoms with E-state index < -0.39 is 0 Å². The van der Waals surface area contributed by atoms with E-state index in [9.17, 15) is 0 Å². The summed E-state index contributed by atoms with van der Waals surface area (Å²) in [5.41, 5.74) is 8.56. The highest BCUT2D eigenvalue weighted by molar-refractivity contribution is 5.16. The van der Waals surface area contributed by atoms with Gasteiger partial charge in [-0.3, -0.25) is 9.88 Å². The van der Waals surface area contributed by atoms with Crippen LogP contribution in [0.2, 0.25) is 0 Å². The smallest absolute Gasteiger partial charge is 0.0673 e. The topological polar surface area (TPSA) is 42.2 Å². The summed E-state index contributed by atoms with van der Waals surface area (Å²) in [7, 11) is 0. The largest absolute Gasteiger partial charge is 0.326 e. The maximum Gasteiger partial charge on any atom is 0.0673 e. The number of benzene rings is 1. The summed E-state index contributed by atoms with van der Waals surface area (Å²) >= 11 is 0. The summed E-state index contributed by atoms with van der Waals surface area (Å²) in [6.45, 7) is 6.05. The van der Waals surface area contributed by atoms with Crippen molar-refractivity contribution in [2.45, 2.75) is 32.5 Å². The minimum absolute atomic E-state index is 0.0357. The average Bonchev–Trinajstić information content (AvgIpc) is 2.48. The monoisotopic (exact) mass is 269 g/mol. The second-order valence-corrected chi connectivity index (χ2v) is 5.11. The maximum absolute atomic E-state index is 6.22. The highest BCUT2D eigenvalue weighted by atomic mass is 15.2. The quantitative estimate of drug-likeness (QED) is 0.876. The molecule has 1 heterocycles. The van der Waals surface area contributed by atoms with E-state index >= 15 is 0 Å². The van der Waals surface area contributed by atoms with Crippen LogP contribution >= 0.6 is 0 Å². The minimum Gasteiger partial charge on any atom is -0.326 e. The molecule has 0 saturated heterocycles. The zero-order chi connectivity index (χ0) is 14.4. The molecule has 2 aromatic rings. The molecule has 0 bridgehead atoms. The van der Waals surface area contributed by atoms with Crippen LogP contribution in [-0.4, -0.2) is 22.5 Å². The molecule has 0 fully saturated rings. The van der Waals surface area contributed by atoms with E-state index in [1.165, 1.54) is 5.56 Å². The number of pyridine rings is 1. The number of hydrogen-bond donors (Lipinski definition) is 1. The average molecular weight is 269 g/mol. The van der Waals surface area contributed by atoms with Gasteiger partial charge in [0.1, 0.15) is 0 Å². The van der Waals surface area contributed by atoms with Crippen molar-refractivity contribution in [3.05, 3.63) is 66.0 Å². The summed E-state index contributed by atoms with van der Waals surface area (Å²) in [5, 5.41) is 0. The van der Waals surface area contributed by atoms with Gasteiger partial charge in [0.25, 0.3) is 0 Å². The predicted molar refractivity (Wildman–Crippen MR) is 83.2 cm³/mol. The first-order chi connectivity index (χ1) is 9.72. The first kappa shape index (κ1) is 14.7. The van der Waals surface area contributed by atoms with E-state index in [0.29, 0.717) is 0 Å². The molecule has 1 aromatic heterocycles. The summed E-state index contributed by atoms with van der Waals surface area (Å²) < 4.78 is 0. The van der Waals surface area contributed by atoms with E-state index in [1.807, 2.05) is 31.3 Å². The molecule has 3 nitrogen and oxygen atoms in total. The van der Waals surface area contributed by atoms with Gasteiger partial charge in [-0.1, -0.05) is 43.3 Å². The van der Waals surface area contributed by atoms with Gasteiger partial charge in [-0.05, 0) is 31.2 Å². The van der Waals surface area contributed by atoms with E-state index in [0.717, 1.165) is 18.8 Å². The third kappa shape index (κ3) is 3.65. The number of rotatable bonds is 6. The van der Waals surface area contributed by atoms with Crippen LogP contribution in [0, 0.1) is 0 Å². The van der Waals surface area contributed by atoms with Crippen LogP contribution in [0.1, 0.15) is 31.1 Å². The lowest BCUT2D eigenvalue weighted by Gasteiger charge is -2.33. The SMILES string of the molecule is CCN(Cc1ccccc1)C(c1ccccn1)C(C)N. The summed E-state index contributed by atoms with van der Waals surface area (Å²) in [6, 6.07) is 16.7. The molecule has 0 aliphatic heterocycles. The van der Waals surface area contributed by atoms with Crippen LogP contribution in [0.25, 0.3) is 0 Å². The van der Waals surface area contributed by atoms with Gasteiger partial charge in [0.15, 0.2) is 0 Å². The highest BCUT2D eigenvalue weighted by Gasteiger charge is 2.24. The minimum atomic E-state index is 0.0357. The molecule has 2 N–H and O–H groups in total. The Morgan fingerprint density at radius 1 is 1.10 bits per heavy atom. The lowest BCUT2D eigenvalue weighted by Crippen LogP contribution is -2.39. The van der Waals surface area contributed by atoms with Crippen molar-refractivity contribution < 1.29 is 0 Å². The second kappa shape index (κ2) is 7.17. The third-order valence-corrected chi connectivity index (χ3v) is 3.52. The van der Waals surface area contributed by atoms with Gasteiger partial charge in [-0.2, -0.15) is 0 Å². The van der Waals surface area contributed by atoms with Crippen molar-refractivity contribution in [1.82, 2.24) is 9.88 Å². The Morgan fingerprint density at radius 3 is 2.35 bits per heavy atom. The molecule has 106 valence electrons. The normalized spacial score (nSPS) is 14.2. The van der Waals surface area contributed by atoms with Gasteiger partial charge in [0.2, 0.25) is 0 Å². The van der Waals surface area contributed by atoms with Crippen molar-refractivity contribution in [1.29, 1.82) is 0 Å². The fourth-order valence-electron chi connectivity index (χ4n) is 2.56. The molecule has 2 atom stereocenters. The van der Waals surface area contributed by atoms with Crippen LogP contribution in [0.15, 0.2) is 54.7 Å². The van der Waals surface area contributed by atoms with Gasteiger partial charge >= 0.3 is 0 Å². The fraction of sp³-hybridized carbons (Fsp3) is 0.353. The molecule has 3 heteroatoms. The van der Waals surface area contributed by atoms with Crippen LogP contribution in [0.5, 0.6) is 0 Å². The van der Waals surface area contributed by atoms with E-state index in [2.05, 4.69) is 47.1 Å². The van der Waals surface area contributed by atoms with E-state index in [1.54, 1.807) is 0 Å². The van der Waals surface area contributed by atoms with Crippen LogP contribution < -0.4 is 5.73 Å². The van der Waals surface area contributed by atoms with Gasteiger partial charge < -0.3 is 5.73 Å². The molecular weight excluding hydrogens is 246 g/mol. The Hall–Kier alpha value is -1.71. The maximum atomic E-state index is 6.22. The zero-order valence-corrected chi connectivity index (χ0v) is 12.2. The Balaban J connectivity index is 2.22. The molecule has 0 spiro atoms. The summed E-state index contributed by atoms with van der Waals surface area (Å²) in [5.74, 6) is 0. The van der Waals surface area contributed by atoms with Crippen molar-refractivity contribution >= 4 is 0 Å². The number of hydrogen-bond acceptors (Lipinski definition) is 3. The van der Waals surface area contributed by atoms with E-state index in [-0.39, 0.29) is 12.1 Å². The zero-order valence-electron chi connectivity index (χ0n) is 12.2. The number of aromatic nitrogens is 1. The van der Waals surface area contributed by atoms with Gasteiger partial charge in [0.05, 0.1) is 11.7 Å². The third-order valence-electron chi connectivity index (χ3n) is 3.52. The lowest BCUT2D eigenvalue weighted by atomic mass is 10.0. The lowest BCUT2D eigenvalue weighted by molar-refractivity contribution is 0.173. The van der Waals surface area contributed by atoms with Gasteiger partial charge in [0, 0.05) is 18.8 Å². The molecule has 20 heavy (non-hydrogen) atoms. The number of nitrogens with two attached hydrogens (primary N) is 1. The molecule has 0 aliphatic carbocycles. The van der Waals surface area contributed by atoms with Crippen molar-refractivity contribution in [2.24, 2.45) is 5.73 Å². The number of nitrogens with zero attached hydrogens (tertiary/aromatic N) is 2. The van der Waals surface area contributed by atoms with Gasteiger partial charge in [-0.25, -0.2) is 0 Å².